The van der Waals surface area contributed by atoms with Crippen molar-refractivity contribution in [3.63, 3.8) is 0 Å². The van der Waals surface area contributed by atoms with E-state index >= 15 is 0 Å². The predicted molar refractivity (Wildman–Crippen MR) is 82.0 cm³/mol. The molecule has 2 amide bonds. The highest BCUT2D eigenvalue weighted by atomic mass is 16.5. The smallest absolute Gasteiger partial charge is 0.302 e. The van der Waals surface area contributed by atoms with Gasteiger partial charge in [-0.2, -0.15) is 0 Å². The predicted octanol–water partition coefficient (Wildman–Crippen LogP) is 1.99. The number of rotatable bonds is 1. The van der Waals surface area contributed by atoms with E-state index in [1.54, 1.807) is 4.90 Å². The highest BCUT2D eigenvalue weighted by Crippen LogP contribution is 2.66. The van der Waals surface area contributed by atoms with Gasteiger partial charge in [0, 0.05) is 12.3 Å². The van der Waals surface area contributed by atoms with Crippen molar-refractivity contribution in [1.82, 2.24) is 4.90 Å². The lowest BCUT2D eigenvalue weighted by Gasteiger charge is -2.52. The highest BCUT2D eigenvalue weighted by Gasteiger charge is 2.71. The average molecular weight is 319 g/mol. The monoisotopic (exact) mass is 319 g/mol. The molecule has 3 aliphatic carbocycles. The van der Waals surface area contributed by atoms with Gasteiger partial charge in [-0.3, -0.25) is 19.3 Å². The van der Waals surface area contributed by atoms with Crippen LogP contribution in [0.15, 0.2) is 0 Å². The Balaban J connectivity index is 1.54. The third kappa shape index (κ3) is 1.94. The summed E-state index contributed by atoms with van der Waals surface area (Å²) in [6, 6.07) is 0.108. The van der Waals surface area contributed by atoms with Crippen molar-refractivity contribution in [2.75, 3.05) is 0 Å². The molecule has 7 atom stereocenters. The Kier molecular flexibility index (Phi) is 3.02. The van der Waals surface area contributed by atoms with Gasteiger partial charge >= 0.3 is 5.97 Å². The molecule has 1 saturated heterocycles. The maximum Gasteiger partial charge on any atom is 0.302 e. The minimum Gasteiger partial charge on any atom is -0.463 e. The number of β-lactam (4-membered cyclic amide) rings is 1. The molecular formula is C18H25NO4. The second kappa shape index (κ2) is 4.58. The number of nitrogens with zero attached hydrogens (tertiary/aromatic N) is 1. The molecule has 1 aliphatic heterocycles. The van der Waals surface area contributed by atoms with Gasteiger partial charge in [0.1, 0.15) is 6.10 Å². The van der Waals surface area contributed by atoms with Crippen LogP contribution in [-0.2, 0) is 19.1 Å². The van der Waals surface area contributed by atoms with Crippen LogP contribution in [0, 0.1) is 35.0 Å². The van der Waals surface area contributed by atoms with Crippen LogP contribution in [0.25, 0.3) is 0 Å². The lowest BCUT2D eigenvalue weighted by molar-refractivity contribution is -0.177. The number of carbonyl (C=O) groups is 3. The van der Waals surface area contributed by atoms with Gasteiger partial charge in [-0.05, 0) is 42.9 Å². The maximum atomic E-state index is 12.6. The van der Waals surface area contributed by atoms with Crippen LogP contribution in [0.1, 0.15) is 47.0 Å². The number of amides is 2. The Hall–Kier alpha value is -1.39. The average Bonchev–Trinajstić information content (AvgIpc) is 3.03. The first-order valence-electron chi connectivity index (χ1n) is 8.75. The van der Waals surface area contributed by atoms with E-state index in [1.165, 1.54) is 6.92 Å². The van der Waals surface area contributed by atoms with Gasteiger partial charge in [0.15, 0.2) is 0 Å². The molecule has 1 heterocycles. The van der Waals surface area contributed by atoms with Crippen LogP contribution in [-0.4, -0.2) is 34.8 Å². The summed E-state index contributed by atoms with van der Waals surface area (Å²) in [6.07, 6.45) is 2.87. The molecule has 0 N–H and O–H groups in total. The number of imide groups is 1. The van der Waals surface area contributed by atoms with Crippen molar-refractivity contribution in [3.8, 4) is 0 Å². The molecular weight excluding hydrogens is 294 g/mol. The molecule has 4 aliphatic rings. The third-order valence-electron chi connectivity index (χ3n) is 6.55. The minimum absolute atomic E-state index is 0.00664. The number of fused-ring (bicyclic) bond motifs is 8. The Labute approximate surface area is 136 Å². The van der Waals surface area contributed by atoms with Gasteiger partial charge in [0.05, 0.1) is 12.0 Å². The quantitative estimate of drug-likeness (QED) is 0.548. The van der Waals surface area contributed by atoms with E-state index in [0.717, 1.165) is 19.3 Å². The number of likely N-dealkylation sites (tertiary alicyclic amines) is 1. The number of carbonyl (C=O) groups excluding carboxylic acids is 3. The van der Waals surface area contributed by atoms with Gasteiger partial charge < -0.3 is 4.74 Å². The van der Waals surface area contributed by atoms with E-state index in [0.29, 0.717) is 23.7 Å². The Morgan fingerprint density at radius 3 is 2.22 bits per heavy atom. The Morgan fingerprint density at radius 2 is 1.65 bits per heavy atom. The number of hydrogen-bond donors (Lipinski definition) is 0. The molecule has 3 saturated carbocycles. The summed E-state index contributed by atoms with van der Waals surface area (Å²) in [6.45, 7) is 7.08. The summed E-state index contributed by atoms with van der Waals surface area (Å²) in [5.41, 5.74) is -0.516. The van der Waals surface area contributed by atoms with Crippen LogP contribution < -0.4 is 0 Å². The summed E-state index contributed by atoms with van der Waals surface area (Å²) >= 11 is 0. The van der Waals surface area contributed by atoms with Crippen molar-refractivity contribution in [3.05, 3.63) is 0 Å². The number of ether oxygens (including phenoxy) is 1. The van der Waals surface area contributed by atoms with Crippen LogP contribution in [0.5, 0.6) is 0 Å². The molecule has 0 radical (unpaired) electrons. The van der Waals surface area contributed by atoms with Crippen molar-refractivity contribution >= 4 is 17.8 Å². The van der Waals surface area contributed by atoms with E-state index < -0.39 is 5.41 Å². The third-order valence-corrected chi connectivity index (χ3v) is 6.55. The molecule has 4 rings (SSSR count). The maximum absolute atomic E-state index is 12.6. The van der Waals surface area contributed by atoms with E-state index in [-0.39, 0.29) is 35.8 Å². The summed E-state index contributed by atoms with van der Waals surface area (Å²) in [7, 11) is 0. The summed E-state index contributed by atoms with van der Waals surface area (Å²) in [4.78, 5) is 38.0. The van der Waals surface area contributed by atoms with E-state index in [4.69, 9.17) is 4.74 Å². The molecule has 2 bridgehead atoms. The van der Waals surface area contributed by atoms with E-state index in [9.17, 15) is 14.4 Å². The SMILES string of the molecule is CC(=O)OC1CC2C(C1)C1CC2C2C(=O)N(C(=O)C(C)(C)C)C12. The summed E-state index contributed by atoms with van der Waals surface area (Å²) in [5, 5.41) is 0. The molecule has 0 spiro atoms. The fourth-order valence-corrected chi connectivity index (χ4v) is 5.86. The van der Waals surface area contributed by atoms with Gasteiger partial charge in [0.25, 0.3) is 0 Å². The second-order valence-electron chi connectivity index (χ2n) is 8.87. The van der Waals surface area contributed by atoms with Crippen LogP contribution >= 0.6 is 0 Å². The fraction of sp³-hybridized carbons (Fsp3) is 0.833. The number of hydrogen-bond acceptors (Lipinski definition) is 4. The largest absolute Gasteiger partial charge is 0.463 e. The lowest BCUT2D eigenvalue weighted by atomic mass is 9.67. The summed E-state index contributed by atoms with van der Waals surface area (Å²) in [5.74, 6) is 1.65. The second-order valence-corrected chi connectivity index (χ2v) is 8.87. The van der Waals surface area contributed by atoms with Crippen LogP contribution in [0.2, 0.25) is 0 Å². The molecule has 5 nitrogen and oxygen atoms in total. The van der Waals surface area contributed by atoms with Crippen molar-refractivity contribution in [2.24, 2.45) is 35.0 Å². The van der Waals surface area contributed by atoms with Crippen molar-refractivity contribution in [1.29, 1.82) is 0 Å². The topological polar surface area (TPSA) is 63.7 Å². The Morgan fingerprint density at radius 1 is 1.04 bits per heavy atom. The first kappa shape index (κ1) is 15.2. The molecule has 5 heteroatoms. The zero-order valence-electron chi connectivity index (χ0n) is 14.2. The Bertz CT molecular complexity index is 592. The molecule has 23 heavy (non-hydrogen) atoms. The first-order chi connectivity index (χ1) is 10.7. The fourth-order valence-electron chi connectivity index (χ4n) is 5.86. The standard InChI is InChI=1S/C18H25NO4/c1-8(20)23-9-5-10-11(6-9)13-7-12(10)14-15(13)19(16(14)21)17(22)18(2,3)4/h9-15H,5-7H2,1-4H3. The van der Waals surface area contributed by atoms with Crippen molar-refractivity contribution < 1.29 is 19.1 Å². The zero-order chi connectivity index (χ0) is 16.7. The highest BCUT2D eigenvalue weighted by molar-refractivity contribution is 6.04. The van der Waals surface area contributed by atoms with Gasteiger partial charge in [0.2, 0.25) is 11.8 Å². The van der Waals surface area contributed by atoms with E-state index in [2.05, 4.69) is 0 Å². The molecule has 0 aromatic heterocycles. The summed E-state index contributed by atoms with van der Waals surface area (Å²) < 4.78 is 5.41. The molecule has 7 unspecified atom stereocenters. The zero-order valence-corrected chi connectivity index (χ0v) is 14.2. The first-order valence-corrected chi connectivity index (χ1v) is 8.75. The van der Waals surface area contributed by atoms with Gasteiger partial charge in [-0.15, -0.1) is 0 Å². The lowest BCUT2D eigenvalue weighted by Crippen LogP contribution is -2.68. The molecule has 4 fully saturated rings. The van der Waals surface area contributed by atoms with Crippen LogP contribution in [0.3, 0.4) is 0 Å². The molecule has 126 valence electrons. The normalized spacial score (nSPS) is 43.9. The van der Waals surface area contributed by atoms with Crippen molar-refractivity contribution in [2.45, 2.75) is 59.1 Å². The van der Waals surface area contributed by atoms with Gasteiger partial charge in [-0.1, -0.05) is 20.8 Å². The van der Waals surface area contributed by atoms with Crippen LogP contribution in [0.4, 0.5) is 0 Å². The molecule has 0 aromatic carbocycles. The van der Waals surface area contributed by atoms with E-state index in [1.807, 2.05) is 20.8 Å². The van der Waals surface area contributed by atoms with Gasteiger partial charge in [-0.25, -0.2) is 0 Å². The minimum atomic E-state index is -0.516. The molecule has 0 aromatic rings. The number of esters is 1.